The number of imide groups is 1. The maximum absolute atomic E-state index is 13.5. The van der Waals surface area contributed by atoms with Gasteiger partial charge in [0.1, 0.15) is 11.4 Å². The first kappa shape index (κ1) is 21.0. The second-order valence-corrected chi connectivity index (χ2v) is 7.39. The van der Waals surface area contributed by atoms with Crippen LogP contribution in [0, 0.1) is 10.1 Å². The van der Waals surface area contributed by atoms with Gasteiger partial charge in [0, 0.05) is 23.9 Å². The molecule has 34 heavy (non-hydrogen) atoms. The number of nitrogens with one attached hydrogen (secondary N) is 1. The molecule has 3 aromatic carbocycles. The Bertz CT molecular complexity index is 1350. The highest BCUT2D eigenvalue weighted by Gasteiger charge is 2.40. The molecule has 10 heteroatoms. The molecular weight excluding hydrogens is 442 g/mol. The van der Waals surface area contributed by atoms with E-state index in [-0.39, 0.29) is 23.8 Å². The number of methoxy groups -OCH3 is 1. The Morgan fingerprint density at radius 1 is 0.941 bits per heavy atom. The molecule has 0 saturated carbocycles. The number of hydrogen-bond donors (Lipinski definition) is 1. The van der Waals surface area contributed by atoms with Crippen LogP contribution in [0.15, 0.2) is 72.4 Å². The average Bonchev–Trinajstić information content (AvgIpc) is 3.41. The SMILES string of the molecule is COc1ccc(N2C(=O)C(Nc3ccc4c(c3)OCO4)=C(c3ccc([N+](=O)[O-])cc3)C2=O)cc1. The lowest BCUT2D eigenvalue weighted by Gasteiger charge is -2.16. The van der Waals surface area contributed by atoms with Gasteiger partial charge in [0.05, 0.1) is 23.3 Å². The molecule has 0 saturated heterocycles. The predicted octanol–water partition coefficient (Wildman–Crippen LogP) is 3.73. The number of nitrogens with zero attached hydrogens (tertiary/aromatic N) is 2. The van der Waals surface area contributed by atoms with E-state index in [9.17, 15) is 19.7 Å². The van der Waals surface area contributed by atoms with E-state index in [1.165, 1.54) is 31.4 Å². The molecule has 3 aromatic rings. The minimum absolute atomic E-state index is 0.0357. The minimum Gasteiger partial charge on any atom is -0.497 e. The Kier molecular flexibility index (Phi) is 5.09. The Labute approximate surface area is 193 Å². The summed E-state index contributed by atoms with van der Waals surface area (Å²) in [6.45, 7) is 0.0954. The standard InChI is InChI=1S/C24H17N3O7/c1-32-18-9-7-16(8-10-18)26-23(28)21(14-2-5-17(6-3-14)27(30)31)22(24(26)29)25-15-4-11-19-20(12-15)34-13-33-19/h2-12,25H,13H2,1H3. The van der Waals surface area contributed by atoms with E-state index < -0.39 is 16.7 Å². The molecule has 2 aliphatic heterocycles. The number of carbonyl (C=O) groups is 2. The van der Waals surface area contributed by atoms with Crippen LogP contribution in [0.5, 0.6) is 17.2 Å². The highest BCUT2D eigenvalue weighted by Crippen LogP contribution is 2.38. The zero-order valence-electron chi connectivity index (χ0n) is 17.8. The summed E-state index contributed by atoms with van der Waals surface area (Å²) in [7, 11) is 1.52. The van der Waals surface area contributed by atoms with Crippen LogP contribution < -0.4 is 24.4 Å². The highest BCUT2D eigenvalue weighted by molar-refractivity contribution is 6.46. The topological polar surface area (TPSA) is 120 Å². The number of carbonyl (C=O) groups excluding carboxylic acids is 2. The van der Waals surface area contributed by atoms with Crippen molar-refractivity contribution in [1.29, 1.82) is 0 Å². The first-order valence-electron chi connectivity index (χ1n) is 10.1. The summed E-state index contributed by atoms with van der Waals surface area (Å²) in [5.41, 5.74) is 1.23. The quantitative estimate of drug-likeness (QED) is 0.336. The van der Waals surface area contributed by atoms with Gasteiger partial charge in [-0.05, 0) is 54.1 Å². The second kappa shape index (κ2) is 8.24. The number of benzene rings is 3. The lowest BCUT2D eigenvalue weighted by atomic mass is 10.0. The summed E-state index contributed by atoms with van der Waals surface area (Å²) in [6, 6.07) is 17.0. The van der Waals surface area contributed by atoms with E-state index >= 15 is 0 Å². The van der Waals surface area contributed by atoms with Gasteiger partial charge in [-0.25, -0.2) is 4.90 Å². The number of ether oxygens (including phenoxy) is 3. The summed E-state index contributed by atoms with van der Waals surface area (Å²) >= 11 is 0. The summed E-state index contributed by atoms with van der Waals surface area (Å²) in [5, 5.41) is 14.1. The molecule has 0 bridgehead atoms. The average molecular weight is 459 g/mol. The number of rotatable bonds is 6. The first-order valence-corrected chi connectivity index (χ1v) is 10.1. The van der Waals surface area contributed by atoms with Gasteiger partial charge in [0.2, 0.25) is 6.79 Å². The number of fused-ring (bicyclic) bond motifs is 1. The zero-order valence-corrected chi connectivity index (χ0v) is 17.8. The number of anilines is 2. The Balaban J connectivity index is 1.57. The molecule has 5 rings (SSSR count). The molecule has 170 valence electrons. The molecule has 2 aliphatic rings. The van der Waals surface area contributed by atoms with E-state index in [2.05, 4.69) is 5.32 Å². The van der Waals surface area contributed by atoms with E-state index in [1.807, 2.05) is 0 Å². The van der Waals surface area contributed by atoms with Crippen LogP contribution in [-0.4, -0.2) is 30.6 Å². The van der Waals surface area contributed by atoms with Crippen LogP contribution in [-0.2, 0) is 9.59 Å². The third kappa shape index (κ3) is 3.56. The van der Waals surface area contributed by atoms with Gasteiger partial charge in [-0.2, -0.15) is 0 Å². The lowest BCUT2D eigenvalue weighted by Crippen LogP contribution is -2.32. The van der Waals surface area contributed by atoms with Crippen LogP contribution in [0.25, 0.3) is 5.57 Å². The van der Waals surface area contributed by atoms with Crippen LogP contribution in [0.4, 0.5) is 17.1 Å². The van der Waals surface area contributed by atoms with Crippen LogP contribution in [0.1, 0.15) is 5.56 Å². The third-order valence-electron chi connectivity index (χ3n) is 5.42. The fourth-order valence-electron chi connectivity index (χ4n) is 3.75. The monoisotopic (exact) mass is 459 g/mol. The third-order valence-corrected chi connectivity index (χ3v) is 5.42. The highest BCUT2D eigenvalue weighted by atomic mass is 16.7. The largest absolute Gasteiger partial charge is 0.497 e. The normalized spacial score (nSPS) is 14.6. The summed E-state index contributed by atoms with van der Waals surface area (Å²) in [4.78, 5) is 38.5. The van der Waals surface area contributed by atoms with Gasteiger partial charge in [-0.15, -0.1) is 0 Å². The van der Waals surface area contributed by atoms with Crippen molar-refractivity contribution < 1.29 is 28.7 Å². The molecular formula is C24H17N3O7. The molecule has 0 radical (unpaired) electrons. The van der Waals surface area contributed by atoms with Crippen molar-refractivity contribution in [1.82, 2.24) is 0 Å². The van der Waals surface area contributed by atoms with Crippen molar-refractivity contribution in [3.8, 4) is 17.2 Å². The molecule has 0 fully saturated rings. The van der Waals surface area contributed by atoms with Gasteiger partial charge >= 0.3 is 0 Å². The van der Waals surface area contributed by atoms with Crippen LogP contribution in [0.3, 0.4) is 0 Å². The molecule has 0 atom stereocenters. The van der Waals surface area contributed by atoms with Crippen LogP contribution >= 0.6 is 0 Å². The molecule has 10 nitrogen and oxygen atoms in total. The van der Waals surface area contributed by atoms with E-state index in [1.54, 1.807) is 42.5 Å². The Hall–Kier alpha value is -4.86. The molecule has 1 N–H and O–H groups in total. The van der Waals surface area contributed by atoms with Gasteiger partial charge in [0.15, 0.2) is 11.5 Å². The summed E-state index contributed by atoms with van der Waals surface area (Å²) in [5.74, 6) is 0.522. The number of nitro groups is 1. The van der Waals surface area contributed by atoms with Gasteiger partial charge < -0.3 is 19.5 Å². The molecule has 0 aromatic heterocycles. The lowest BCUT2D eigenvalue weighted by molar-refractivity contribution is -0.384. The van der Waals surface area contributed by atoms with Crippen molar-refractivity contribution in [2.75, 3.05) is 24.1 Å². The molecule has 2 heterocycles. The van der Waals surface area contributed by atoms with Crippen molar-refractivity contribution in [2.24, 2.45) is 0 Å². The first-order chi connectivity index (χ1) is 16.5. The van der Waals surface area contributed by atoms with Gasteiger partial charge in [-0.1, -0.05) is 0 Å². The second-order valence-electron chi connectivity index (χ2n) is 7.39. The number of non-ortho nitro benzene ring substituents is 1. The summed E-state index contributed by atoms with van der Waals surface area (Å²) in [6.07, 6.45) is 0. The van der Waals surface area contributed by atoms with Gasteiger partial charge in [-0.3, -0.25) is 19.7 Å². The minimum atomic E-state index is -0.568. The number of nitro benzene ring substituents is 1. The van der Waals surface area contributed by atoms with Crippen molar-refractivity contribution >= 4 is 34.4 Å². The summed E-state index contributed by atoms with van der Waals surface area (Å²) < 4.78 is 15.9. The van der Waals surface area contributed by atoms with Gasteiger partial charge in [0.25, 0.3) is 17.5 Å². The van der Waals surface area contributed by atoms with E-state index in [0.717, 1.165) is 4.90 Å². The maximum Gasteiger partial charge on any atom is 0.282 e. The number of amides is 2. The molecule has 0 unspecified atom stereocenters. The fourth-order valence-corrected chi connectivity index (χ4v) is 3.75. The zero-order chi connectivity index (χ0) is 23.8. The van der Waals surface area contributed by atoms with Crippen molar-refractivity contribution in [2.45, 2.75) is 0 Å². The Morgan fingerprint density at radius 2 is 1.65 bits per heavy atom. The molecule has 0 aliphatic carbocycles. The molecule has 2 amide bonds. The van der Waals surface area contributed by atoms with Crippen LogP contribution in [0.2, 0.25) is 0 Å². The smallest absolute Gasteiger partial charge is 0.282 e. The molecule has 0 spiro atoms. The fraction of sp³-hybridized carbons (Fsp3) is 0.0833. The van der Waals surface area contributed by atoms with E-state index in [4.69, 9.17) is 14.2 Å². The number of hydrogen-bond acceptors (Lipinski definition) is 8. The van der Waals surface area contributed by atoms with E-state index in [0.29, 0.717) is 34.2 Å². The maximum atomic E-state index is 13.5. The Morgan fingerprint density at radius 3 is 2.32 bits per heavy atom. The predicted molar refractivity (Wildman–Crippen MR) is 122 cm³/mol. The van der Waals surface area contributed by atoms with Crippen molar-refractivity contribution in [3.05, 3.63) is 88.1 Å². The van der Waals surface area contributed by atoms with Crippen molar-refractivity contribution in [3.63, 3.8) is 0 Å².